The topological polar surface area (TPSA) is 207 Å². The molecule has 0 aromatic heterocycles. The molecule has 4 rings (SSSR count). The standard InChI is InChI=1S/C21H22O12/c22-6-15-18(28)19(29)20(30)21(33-15)32-14-2-7(1-11(26)17(14)27)12-5-10(25)16-9(24)3-8(23)4-13(16)31-12/h1-4,12,15,18-24,26-30H,5-6H2/t12-,15+,18+,19+,20+,21+/m1/s1. The summed E-state index contributed by atoms with van der Waals surface area (Å²) in [5, 5.41) is 79.2. The van der Waals surface area contributed by atoms with Gasteiger partial charge in [0.25, 0.3) is 0 Å². The highest BCUT2D eigenvalue weighted by Gasteiger charge is 2.45. The molecule has 0 radical (unpaired) electrons. The molecule has 33 heavy (non-hydrogen) atoms. The first kappa shape index (κ1) is 22.9. The lowest BCUT2D eigenvalue weighted by molar-refractivity contribution is -0.277. The number of ether oxygens (including phenoxy) is 3. The van der Waals surface area contributed by atoms with Gasteiger partial charge in [-0.1, -0.05) is 0 Å². The third-order valence-electron chi connectivity index (χ3n) is 5.53. The van der Waals surface area contributed by atoms with Crippen molar-refractivity contribution in [2.75, 3.05) is 6.61 Å². The van der Waals surface area contributed by atoms with Gasteiger partial charge in [0.05, 0.1) is 13.0 Å². The number of carbonyl (C=O) groups is 1. The van der Waals surface area contributed by atoms with E-state index in [2.05, 4.69) is 0 Å². The fraction of sp³-hybridized carbons (Fsp3) is 0.381. The maximum Gasteiger partial charge on any atom is 0.229 e. The number of carbonyl (C=O) groups excluding carboxylic acids is 1. The van der Waals surface area contributed by atoms with Crippen LogP contribution >= 0.6 is 0 Å². The van der Waals surface area contributed by atoms with Gasteiger partial charge < -0.3 is 55.1 Å². The molecule has 2 aliphatic heterocycles. The fourth-order valence-electron chi connectivity index (χ4n) is 3.79. The largest absolute Gasteiger partial charge is 0.508 e. The van der Waals surface area contributed by atoms with E-state index < -0.39 is 72.2 Å². The summed E-state index contributed by atoms with van der Waals surface area (Å²) < 4.78 is 16.4. The van der Waals surface area contributed by atoms with Crippen molar-refractivity contribution in [1.82, 2.24) is 0 Å². The van der Waals surface area contributed by atoms with Gasteiger partial charge in [-0.15, -0.1) is 0 Å². The lowest BCUT2D eigenvalue weighted by Gasteiger charge is -2.39. The van der Waals surface area contributed by atoms with Crippen LogP contribution in [0, 0.1) is 0 Å². The number of hydrogen-bond acceptors (Lipinski definition) is 12. The Morgan fingerprint density at radius 2 is 1.67 bits per heavy atom. The predicted octanol–water partition coefficient (Wildman–Crippen LogP) is -0.606. The highest BCUT2D eigenvalue weighted by Crippen LogP contribution is 2.45. The minimum Gasteiger partial charge on any atom is -0.508 e. The Morgan fingerprint density at radius 1 is 0.939 bits per heavy atom. The molecule has 2 aromatic rings. The number of hydrogen-bond donors (Lipinski definition) is 8. The van der Waals surface area contributed by atoms with Crippen LogP contribution in [0.5, 0.6) is 34.5 Å². The average molecular weight is 466 g/mol. The molecule has 2 aromatic carbocycles. The summed E-state index contributed by atoms with van der Waals surface area (Å²) >= 11 is 0. The zero-order chi connectivity index (χ0) is 24.0. The summed E-state index contributed by atoms with van der Waals surface area (Å²) in [4.78, 5) is 12.5. The molecule has 2 aliphatic rings. The molecule has 1 saturated heterocycles. The number of rotatable bonds is 4. The molecule has 0 spiro atoms. The highest BCUT2D eigenvalue weighted by molar-refractivity contribution is 6.02. The van der Waals surface area contributed by atoms with Gasteiger partial charge in [0.2, 0.25) is 12.0 Å². The number of aliphatic hydroxyl groups excluding tert-OH is 4. The van der Waals surface area contributed by atoms with E-state index in [4.69, 9.17) is 14.2 Å². The molecular formula is C21H22O12. The van der Waals surface area contributed by atoms with Crippen molar-refractivity contribution < 1.29 is 59.9 Å². The number of aromatic hydroxyl groups is 4. The first-order valence-electron chi connectivity index (χ1n) is 9.89. The molecule has 12 nitrogen and oxygen atoms in total. The Labute approximate surface area is 186 Å². The van der Waals surface area contributed by atoms with Crippen molar-refractivity contribution in [1.29, 1.82) is 0 Å². The Bertz CT molecular complexity index is 1070. The summed E-state index contributed by atoms with van der Waals surface area (Å²) in [5.74, 6) is -3.18. The molecule has 0 aliphatic carbocycles. The van der Waals surface area contributed by atoms with Gasteiger partial charge in [-0.05, 0) is 12.1 Å². The molecule has 12 heteroatoms. The number of Topliss-reactive ketones (excluding diaryl/α,β-unsaturated/α-hetero) is 1. The molecular weight excluding hydrogens is 444 g/mol. The van der Waals surface area contributed by atoms with E-state index in [1.807, 2.05) is 0 Å². The van der Waals surface area contributed by atoms with E-state index in [0.717, 1.165) is 18.2 Å². The first-order chi connectivity index (χ1) is 15.6. The lowest BCUT2D eigenvalue weighted by Crippen LogP contribution is -2.60. The summed E-state index contributed by atoms with van der Waals surface area (Å²) in [6.45, 7) is -0.695. The molecule has 8 N–H and O–H groups in total. The van der Waals surface area contributed by atoms with Crippen LogP contribution < -0.4 is 9.47 Å². The monoisotopic (exact) mass is 466 g/mol. The number of phenolic OH excluding ortho intramolecular Hbond substituents is 4. The Balaban J connectivity index is 1.64. The molecule has 1 fully saturated rings. The zero-order valence-electron chi connectivity index (χ0n) is 16.9. The SMILES string of the molecule is O=C1C[C@H](c2cc(O)c(O)c(O[C@H]3O[C@@H](CO)[C@H](O)[C@H](O)[C@@H]3O)c2)Oc2cc(O)cc(O)c21. The van der Waals surface area contributed by atoms with E-state index in [9.17, 15) is 45.6 Å². The lowest BCUT2D eigenvalue weighted by atomic mass is 9.95. The maximum atomic E-state index is 12.5. The molecule has 178 valence electrons. The highest BCUT2D eigenvalue weighted by atomic mass is 16.7. The van der Waals surface area contributed by atoms with Crippen LogP contribution in [0.2, 0.25) is 0 Å². The normalized spacial score (nSPS) is 29.3. The molecule has 2 heterocycles. The number of phenols is 4. The number of aliphatic hydroxyl groups is 4. The first-order valence-corrected chi connectivity index (χ1v) is 9.89. The van der Waals surface area contributed by atoms with Gasteiger partial charge in [0.1, 0.15) is 53.3 Å². The number of ketones is 1. The van der Waals surface area contributed by atoms with E-state index in [1.165, 1.54) is 6.07 Å². The van der Waals surface area contributed by atoms with Gasteiger partial charge >= 0.3 is 0 Å². The van der Waals surface area contributed by atoms with Crippen LogP contribution in [0.3, 0.4) is 0 Å². The van der Waals surface area contributed by atoms with Crippen LogP contribution in [0.15, 0.2) is 24.3 Å². The van der Waals surface area contributed by atoms with Crippen LogP contribution in [-0.2, 0) is 4.74 Å². The summed E-state index contributed by atoms with van der Waals surface area (Å²) in [7, 11) is 0. The minimum absolute atomic E-state index is 0.0854. The smallest absolute Gasteiger partial charge is 0.229 e. The number of benzene rings is 2. The molecule has 6 atom stereocenters. The van der Waals surface area contributed by atoms with Crippen molar-refractivity contribution in [3.8, 4) is 34.5 Å². The van der Waals surface area contributed by atoms with Crippen LogP contribution in [-0.4, -0.2) is 83.9 Å². The quantitative estimate of drug-likeness (QED) is 0.266. The molecule has 0 bridgehead atoms. The van der Waals surface area contributed by atoms with Crippen molar-refractivity contribution >= 4 is 5.78 Å². The predicted molar refractivity (Wildman–Crippen MR) is 106 cm³/mol. The Morgan fingerprint density at radius 3 is 2.36 bits per heavy atom. The van der Waals surface area contributed by atoms with Gasteiger partial charge in [-0.2, -0.15) is 0 Å². The van der Waals surface area contributed by atoms with Crippen molar-refractivity contribution in [2.24, 2.45) is 0 Å². The van der Waals surface area contributed by atoms with E-state index in [0.29, 0.717) is 0 Å². The van der Waals surface area contributed by atoms with Crippen LogP contribution in [0.25, 0.3) is 0 Å². The Hall–Kier alpha value is -3.29. The van der Waals surface area contributed by atoms with E-state index >= 15 is 0 Å². The van der Waals surface area contributed by atoms with E-state index in [1.54, 1.807) is 0 Å². The molecule has 0 amide bonds. The Kier molecular flexibility index (Phi) is 5.95. The minimum atomic E-state index is -1.77. The zero-order valence-corrected chi connectivity index (χ0v) is 16.9. The van der Waals surface area contributed by atoms with Crippen LogP contribution in [0.1, 0.15) is 28.4 Å². The van der Waals surface area contributed by atoms with E-state index in [-0.39, 0.29) is 29.0 Å². The van der Waals surface area contributed by atoms with Crippen LogP contribution in [0.4, 0.5) is 0 Å². The maximum absolute atomic E-state index is 12.5. The third kappa shape index (κ3) is 4.10. The summed E-state index contributed by atoms with van der Waals surface area (Å²) in [6, 6.07) is 4.45. The fourth-order valence-corrected chi connectivity index (χ4v) is 3.79. The number of fused-ring (bicyclic) bond motifs is 1. The second-order valence-corrected chi connectivity index (χ2v) is 7.77. The summed E-state index contributed by atoms with van der Waals surface area (Å²) in [6.07, 6.45) is -9.26. The third-order valence-corrected chi connectivity index (χ3v) is 5.53. The van der Waals surface area contributed by atoms with Gasteiger partial charge in [0.15, 0.2) is 17.3 Å². The van der Waals surface area contributed by atoms with Crippen molar-refractivity contribution in [3.05, 3.63) is 35.4 Å². The van der Waals surface area contributed by atoms with Gasteiger partial charge in [0, 0.05) is 17.7 Å². The van der Waals surface area contributed by atoms with Crippen molar-refractivity contribution in [3.63, 3.8) is 0 Å². The van der Waals surface area contributed by atoms with Gasteiger partial charge in [-0.3, -0.25) is 4.79 Å². The molecule has 0 saturated carbocycles. The van der Waals surface area contributed by atoms with Gasteiger partial charge in [-0.25, -0.2) is 0 Å². The van der Waals surface area contributed by atoms with Crippen molar-refractivity contribution in [2.45, 2.75) is 43.2 Å². The molecule has 0 unspecified atom stereocenters. The average Bonchev–Trinajstić information content (AvgIpc) is 2.76. The second-order valence-electron chi connectivity index (χ2n) is 7.77. The second kappa shape index (κ2) is 8.57. The summed E-state index contributed by atoms with van der Waals surface area (Å²) in [5.41, 5.74) is 0.0524.